The molecule has 0 aliphatic rings. The number of rotatable bonds is 4. The lowest BCUT2D eigenvalue weighted by atomic mass is 10.1. The van der Waals surface area contributed by atoms with Crippen molar-refractivity contribution in [1.29, 1.82) is 0 Å². The van der Waals surface area contributed by atoms with E-state index >= 15 is 0 Å². The maximum Gasteiger partial charge on any atom is 0.190 e. The maximum absolute atomic E-state index is 5.91. The predicted molar refractivity (Wildman–Crippen MR) is 66.6 cm³/mol. The highest BCUT2D eigenvalue weighted by Gasteiger charge is 2.07. The van der Waals surface area contributed by atoms with Crippen molar-refractivity contribution in [3.05, 3.63) is 30.4 Å². The van der Waals surface area contributed by atoms with Crippen LogP contribution in [0.3, 0.4) is 0 Å². The van der Waals surface area contributed by atoms with E-state index in [-0.39, 0.29) is 6.04 Å². The summed E-state index contributed by atoms with van der Waals surface area (Å²) < 4.78 is 1.73. The van der Waals surface area contributed by atoms with Gasteiger partial charge in [-0.3, -0.25) is 4.98 Å². The van der Waals surface area contributed by atoms with Gasteiger partial charge in [0.05, 0.1) is 5.69 Å². The van der Waals surface area contributed by atoms with Gasteiger partial charge < -0.3 is 5.73 Å². The van der Waals surface area contributed by atoms with Crippen LogP contribution >= 0.6 is 11.8 Å². The van der Waals surface area contributed by atoms with Crippen molar-refractivity contribution in [2.45, 2.75) is 29.4 Å². The van der Waals surface area contributed by atoms with E-state index in [2.05, 4.69) is 22.0 Å². The van der Waals surface area contributed by atoms with Crippen molar-refractivity contribution in [3.8, 4) is 0 Å². The van der Waals surface area contributed by atoms with Crippen molar-refractivity contribution in [3.63, 3.8) is 0 Å². The summed E-state index contributed by atoms with van der Waals surface area (Å²) in [5.41, 5.74) is 6.83. The van der Waals surface area contributed by atoms with E-state index in [0.717, 1.165) is 22.2 Å². The van der Waals surface area contributed by atoms with Gasteiger partial charge in [0.2, 0.25) is 0 Å². The minimum Gasteiger partial charge on any atom is -0.323 e. The Morgan fingerprint density at radius 2 is 2.24 bits per heavy atom. The Morgan fingerprint density at radius 3 is 2.76 bits per heavy atom. The fourth-order valence-corrected chi connectivity index (χ4v) is 2.10. The summed E-state index contributed by atoms with van der Waals surface area (Å²) in [6.45, 7) is 2.05. The molecule has 90 valence electrons. The van der Waals surface area contributed by atoms with Crippen LogP contribution in [-0.2, 0) is 7.05 Å². The van der Waals surface area contributed by atoms with Crippen LogP contribution < -0.4 is 5.73 Å². The molecule has 0 bridgehead atoms. The van der Waals surface area contributed by atoms with E-state index in [0.29, 0.717) is 0 Å². The summed E-state index contributed by atoms with van der Waals surface area (Å²) in [7, 11) is 1.87. The molecule has 0 aliphatic carbocycles. The summed E-state index contributed by atoms with van der Waals surface area (Å²) in [5.74, 6) is 0. The van der Waals surface area contributed by atoms with E-state index < -0.39 is 0 Å². The number of hydrogen-bond acceptors (Lipinski definition) is 5. The fraction of sp³-hybridized carbons (Fsp3) is 0.364. The van der Waals surface area contributed by atoms with Crippen molar-refractivity contribution < 1.29 is 0 Å². The van der Waals surface area contributed by atoms with Gasteiger partial charge in [0.15, 0.2) is 5.16 Å². The first-order valence-corrected chi connectivity index (χ1v) is 6.25. The average Bonchev–Trinajstić information content (AvgIpc) is 2.75. The molecular weight excluding hydrogens is 234 g/mol. The minimum atomic E-state index is 0.0175. The van der Waals surface area contributed by atoms with Gasteiger partial charge in [0.1, 0.15) is 6.33 Å². The van der Waals surface area contributed by atoms with Crippen LogP contribution in [0.2, 0.25) is 0 Å². The zero-order valence-corrected chi connectivity index (χ0v) is 10.7. The molecule has 0 radical (unpaired) electrons. The topological polar surface area (TPSA) is 69.6 Å². The Balaban J connectivity index is 2.11. The molecule has 0 spiro atoms. The molecule has 0 aromatic carbocycles. The van der Waals surface area contributed by atoms with Crippen LogP contribution in [-0.4, -0.2) is 19.7 Å². The molecule has 17 heavy (non-hydrogen) atoms. The highest BCUT2D eigenvalue weighted by molar-refractivity contribution is 7.99. The highest BCUT2D eigenvalue weighted by atomic mass is 32.2. The molecule has 0 saturated heterocycles. The standard InChI is InChI=1S/C11H15N5S/c1-3-9(12)10-5-4-8(6-13-10)17-11-14-7-15-16(11)2/h4-7,9H,3,12H2,1-2H3/t9-/m1/s1. The number of aromatic nitrogens is 4. The van der Waals surface area contributed by atoms with Gasteiger partial charge in [-0.05, 0) is 30.3 Å². The van der Waals surface area contributed by atoms with Crippen LogP contribution in [0.15, 0.2) is 34.7 Å². The van der Waals surface area contributed by atoms with Gasteiger partial charge in [-0.25, -0.2) is 9.67 Å². The molecule has 5 nitrogen and oxygen atoms in total. The molecule has 0 unspecified atom stereocenters. The molecule has 2 aromatic heterocycles. The first-order valence-electron chi connectivity index (χ1n) is 5.44. The molecular formula is C11H15N5S. The smallest absolute Gasteiger partial charge is 0.190 e. The normalized spacial score (nSPS) is 12.6. The lowest BCUT2D eigenvalue weighted by Gasteiger charge is -2.08. The van der Waals surface area contributed by atoms with Crippen LogP contribution in [0.1, 0.15) is 25.1 Å². The van der Waals surface area contributed by atoms with Gasteiger partial charge in [0.25, 0.3) is 0 Å². The molecule has 2 aromatic rings. The second kappa shape index (κ2) is 5.29. The first kappa shape index (κ1) is 12.1. The second-order valence-corrected chi connectivity index (χ2v) is 4.74. The Labute approximate surface area is 104 Å². The number of pyridine rings is 1. The fourth-order valence-electron chi connectivity index (χ4n) is 1.36. The molecule has 2 rings (SSSR count). The molecule has 6 heteroatoms. The van der Waals surface area contributed by atoms with E-state index in [1.54, 1.807) is 4.68 Å². The van der Waals surface area contributed by atoms with E-state index in [1.165, 1.54) is 18.1 Å². The van der Waals surface area contributed by atoms with Crippen LogP contribution in [0.5, 0.6) is 0 Å². The second-order valence-electron chi connectivity index (χ2n) is 3.70. The van der Waals surface area contributed by atoms with Gasteiger partial charge >= 0.3 is 0 Å². The van der Waals surface area contributed by atoms with Gasteiger partial charge in [-0.2, -0.15) is 5.10 Å². The van der Waals surface area contributed by atoms with Crippen LogP contribution in [0.25, 0.3) is 0 Å². The zero-order valence-electron chi connectivity index (χ0n) is 9.87. The van der Waals surface area contributed by atoms with Crippen molar-refractivity contribution in [2.75, 3.05) is 0 Å². The largest absolute Gasteiger partial charge is 0.323 e. The monoisotopic (exact) mass is 249 g/mol. The summed E-state index contributed by atoms with van der Waals surface area (Å²) >= 11 is 1.53. The third-order valence-corrected chi connectivity index (χ3v) is 3.49. The Bertz CT molecular complexity index is 479. The number of nitrogens with zero attached hydrogens (tertiary/aromatic N) is 4. The summed E-state index contributed by atoms with van der Waals surface area (Å²) in [5, 5.41) is 4.86. The molecule has 1 atom stereocenters. The number of nitrogens with two attached hydrogens (primary N) is 1. The maximum atomic E-state index is 5.91. The Kier molecular flexibility index (Phi) is 3.75. The van der Waals surface area contributed by atoms with E-state index in [9.17, 15) is 0 Å². The van der Waals surface area contributed by atoms with Gasteiger partial charge in [-0.15, -0.1) is 0 Å². The summed E-state index contributed by atoms with van der Waals surface area (Å²) in [6.07, 6.45) is 4.25. The molecule has 0 saturated carbocycles. The third kappa shape index (κ3) is 2.83. The van der Waals surface area contributed by atoms with E-state index in [1.807, 2.05) is 25.4 Å². The Hall–Kier alpha value is -1.40. The predicted octanol–water partition coefficient (Wildman–Crippen LogP) is 1.77. The third-order valence-electron chi connectivity index (χ3n) is 2.46. The molecule has 0 fully saturated rings. The van der Waals surface area contributed by atoms with Crippen molar-refractivity contribution in [2.24, 2.45) is 12.8 Å². The quantitative estimate of drug-likeness (QED) is 0.894. The summed E-state index contributed by atoms with van der Waals surface area (Å²) in [6, 6.07) is 3.99. The molecule has 0 aliphatic heterocycles. The number of aryl methyl sites for hydroxylation is 1. The van der Waals surface area contributed by atoms with E-state index in [4.69, 9.17) is 5.73 Å². The average molecular weight is 249 g/mol. The molecule has 0 amide bonds. The molecule has 2 heterocycles. The van der Waals surface area contributed by atoms with Crippen LogP contribution in [0, 0.1) is 0 Å². The molecule has 2 N–H and O–H groups in total. The van der Waals surface area contributed by atoms with Crippen LogP contribution in [0.4, 0.5) is 0 Å². The number of hydrogen-bond donors (Lipinski definition) is 1. The lowest BCUT2D eigenvalue weighted by Crippen LogP contribution is -2.10. The lowest BCUT2D eigenvalue weighted by molar-refractivity contribution is 0.673. The van der Waals surface area contributed by atoms with Gasteiger partial charge in [-0.1, -0.05) is 6.92 Å². The Morgan fingerprint density at radius 1 is 1.41 bits per heavy atom. The zero-order chi connectivity index (χ0) is 12.3. The van der Waals surface area contributed by atoms with Crippen molar-refractivity contribution >= 4 is 11.8 Å². The summed E-state index contributed by atoms with van der Waals surface area (Å²) in [4.78, 5) is 9.54. The van der Waals surface area contributed by atoms with Gasteiger partial charge in [0, 0.05) is 24.2 Å². The minimum absolute atomic E-state index is 0.0175. The van der Waals surface area contributed by atoms with Crippen molar-refractivity contribution in [1.82, 2.24) is 19.7 Å². The highest BCUT2D eigenvalue weighted by Crippen LogP contribution is 2.25. The first-order chi connectivity index (χ1) is 8.20. The SMILES string of the molecule is CC[C@@H](N)c1ccc(Sc2ncnn2C)cn1.